The Hall–Kier alpha value is -2.54. The zero-order valence-corrected chi connectivity index (χ0v) is 11.1. The van der Waals surface area contributed by atoms with Gasteiger partial charge in [0.25, 0.3) is 0 Å². The Labute approximate surface area is 118 Å². The molecule has 0 spiro atoms. The SMILES string of the molecule is Nc1ccc(-c2ccccc2)c2c1Cc1ccccc1-2. The van der Waals surface area contributed by atoms with E-state index in [1.54, 1.807) is 0 Å². The summed E-state index contributed by atoms with van der Waals surface area (Å²) >= 11 is 0. The Morgan fingerprint density at radius 3 is 2.30 bits per heavy atom. The van der Waals surface area contributed by atoms with E-state index in [9.17, 15) is 0 Å². The largest absolute Gasteiger partial charge is 0.398 e. The maximum Gasteiger partial charge on any atom is 0.0356 e. The normalized spacial score (nSPS) is 12.0. The van der Waals surface area contributed by atoms with Gasteiger partial charge in [-0.25, -0.2) is 0 Å². The van der Waals surface area contributed by atoms with Gasteiger partial charge in [-0.2, -0.15) is 0 Å². The van der Waals surface area contributed by atoms with E-state index in [0.717, 1.165) is 12.1 Å². The Bertz CT molecular complexity index is 788. The first-order chi connectivity index (χ1) is 9.84. The molecule has 0 aromatic heterocycles. The fourth-order valence-corrected chi connectivity index (χ4v) is 3.13. The van der Waals surface area contributed by atoms with Crippen molar-refractivity contribution in [1.29, 1.82) is 0 Å². The molecule has 0 radical (unpaired) electrons. The van der Waals surface area contributed by atoms with Gasteiger partial charge in [0, 0.05) is 12.1 Å². The summed E-state index contributed by atoms with van der Waals surface area (Å²) in [7, 11) is 0. The zero-order valence-electron chi connectivity index (χ0n) is 11.1. The lowest BCUT2D eigenvalue weighted by Gasteiger charge is -2.12. The Morgan fingerprint density at radius 2 is 1.45 bits per heavy atom. The molecule has 0 heterocycles. The summed E-state index contributed by atoms with van der Waals surface area (Å²) in [4.78, 5) is 0. The molecular formula is C19H15N. The highest BCUT2D eigenvalue weighted by atomic mass is 14.6. The van der Waals surface area contributed by atoms with Crippen molar-refractivity contribution >= 4 is 5.69 Å². The highest BCUT2D eigenvalue weighted by molar-refractivity contribution is 5.93. The Morgan fingerprint density at radius 1 is 0.700 bits per heavy atom. The number of rotatable bonds is 1. The summed E-state index contributed by atoms with van der Waals surface area (Å²) in [6.07, 6.45) is 0.942. The molecule has 0 saturated heterocycles. The van der Waals surface area contributed by atoms with Crippen LogP contribution in [0.25, 0.3) is 22.3 Å². The standard InChI is InChI=1S/C19H15N/c20-18-11-10-16(13-6-2-1-3-7-13)19-15-9-5-4-8-14(15)12-17(18)19/h1-11H,12,20H2. The maximum atomic E-state index is 6.20. The molecular weight excluding hydrogens is 242 g/mol. The number of nitrogens with two attached hydrogens (primary N) is 1. The number of fused-ring (bicyclic) bond motifs is 3. The fourth-order valence-electron chi connectivity index (χ4n) is 3.13. The van der Waals surface area contributed by atoms with Crippen LogP contribution >= 0.6 is 0 Å². The average Bonchev–Trinajstić information content (AvgIpc) is 2.89. The van der Waals surface area contributed by atoms with Gasteiger partial charge in [-0.15, -0.1) is 0 Å². The molecule has 0 unspecified atom stereocenters. The van der Waals surface area contributed by atoms with Gasteiger partial charge in [0.15, 0.2) is 0 Å². The second-order valence-electron chi connectivity index (χ2n) is 5.26. The highest BCUT2D eigenvalue weighted by Gasteiger charge is 2.23. The Kier molecular flexibility index (Phi) is 2.40. The molecule has 0 atom stereocenters. The number of benzene rings is 3. The van der Waals surface area contributed by atoms with Gasteiger partial charge in [-0.3, -0.25) is 0 Å². The summed E-state index contributed by atoms with van der Waals surface area (Å²) in [6.45, 7) is 0. The zero-order chi connectivity index (χ0) is 13.5. The lowest BCUT2D eigenvalue weighted by atomic mass is 9.93. The lowest BCUT2D eigenvalue weighted by Crippen LogP contribution is -1.94. The molecule has 3 aromatic rings. The van der Waals surface area contributed by atoms with E-state index in [0.29, 0.717) is 0 Å². The first-order valence-electron chi connectivity index (χ1n) is 6.89. The van der Waals surface area contributed by atoms with Crippen LogP contribution in [-0.4, -0.2) is 0 Å². The van der Waals surface area contributed by atoms with E-state index < -0.39 is 0 Å². The molecule has 1 aliphatic carbocycles. The molecule has 0 fully saturated rings. The van der Waals surface area contributed by atoms with E-state index >= 15 is 0 Å². The summed E-state index contributed by atoms with van der Waals surface area (Å²) in [5.41, 5.74) is 14.9. The molecule has 20 heavy (non-hydrogen) atoms. The quantitative estimate of drug-likeness (QED) is 0.499. The van der Waals surface area contributed by atoms with Gasteiger partial charge in [-0.05, 0) is 39.4 Å². The third kappa shape index (κ3) is 1.56. The van der Waals surface area contributed by atoms with Gasteiger partial charge >= 0.3 is 0 Å². The maximum absolute atomic E-state index is 6.20. The van der Waals surface area contributed by atoms with Crippen LogP contribution in [-0.2, 0) is 6.42 Å². The van der Waals surface area contributed by atoms with E-state index in [1.165, 1.54) is 33.4 Å². The molecule has 2 N–H and O–H groups in total. The second-order valence-corrected chi connectivity index (χ2v) is 5.26. The minimum atomic E-state index is 0.899. The smallest absolute Gasteiger partial charge is 0.0356 e. The summed E-state index contributed by atoms with van der Waals surface area (Å²) in [5, 5.41) is 0. The number of nitrogen functional groups attached to an aromatic ring is 1. The van der Waals surface area contributed by atoms with Crippen molar-refractivity contribution in [3.8, 4) is 22.3 Å². The topological polar surface area (TPSA) is 26.0 Å². The van der Waals surface area contributed by atoms with Crippen LogP contribution in [0.15, 0.2) is 66.7 Å². The van der Waals surface area contributed by atoms with Crippen molar-refractivity contribution in [2.24, 2.45) is 0 Å². The van der Waals surface area contributed by atoms with E-state index in [2.05, 4.69) is 60.7 Å². The van der Waals surface area contributed by atoms with Crippen LogP contribution in [0.5, 0.6) is 0 Å². The van der Waals surface area contributed by atoms with Gasteiger partial charge in [-0.1, -0.05) is 60.7 Å². The first kappa shape index (κ1) is 11.3. The minimum absolute atomic E-state index is 0.899. The molecule has 96 valence electrons. The van der Waals surface area contributed by atoms with E-state index in [4.69, 9.17) is 5.73 Å². The molecule has 1 nitrogen and oxygen atoms in total. The third-order valence-electron chi connectivity index (χ3n) is 4.09. The predicted octanol–water partition coefficient (Wildman–Crippen LogP) is 4.51. The third-order valence-corrected chi connectivity index (χ3v) is 4.09. The Balaban J connectivity index is 2.04. The number of anilines is 1. The molecule has 4 rings (SSSR count). The first-order valence-corrected chi connectivity index (χ1v) is 6.89. The van der Waals surface area contributed by atoms with Gasteiger partial charge in [0.1, 0.15) is 0 Å². The van der Waals surface area contributed by atoms with E-state index in [-0.39, 0.29) is 0 Å². The van der Waals surface area contributed by atoms with Crippen molar-refractivity contribution in [2.45, 2.75) is 6.42 Å². The van der Waals surface area contributed by atoms with Gasteiger partial charge < -0.3 is 5.73 Å². The summed E-state index contributed by atoms with van der Waals surface area (Å²) in [6, 6.07) is 23.3. The van der Waals surface area contributed by atoms with Crippen molar-refractivity contribution < 1.29 is 0 Å². The lowest BCUT2D eigenvalue weighted by molar-refractivity contribution is 1.27. The second kappa shape index (κ2) is 4.24. The summed E-state index contributed by atoms with van der Waals surface area (Å²) in [5.74, 6) is 0. The van der Waals surface area contributed by atoms with Crippen molar-refractivity contribution in [3.63, 3.8) is 0 Å². The molecule has 0 bridgehead atoms. The molecule has 1 aliphatic rings. The minimum Gasteiger partial charge on any atom is -0.398 e. The number of hydrogen-bond acceptors (Lipinski definition) is 1. The van der Waals surface area contributed by atoms with Crippen molar-refractivity contribution in [2.75, 3.05) is 5.73 Å². The average molecular weight is 257 g/mol. The van der Waals surface area contributed by atoms with Gasteiger partial charge in [0.05, 0.1) is 0 Å². The van der Waals surface area contributed by atoms with Gasteiger partial charge in [0.2, 0.25) is 0 Å². The fraction of sp³-hybridized carbons (Fsp3) is 0.0526. The highest BCUT2D eigenvalue weighted by Crippen LogP contribution is 2.45. The predicted molar refractivity (Wildman–Crippen MR) is 84.5 cm³/mol. The molecule has 0 amide bonds. The van der Waals surface area contributed by atoms with Crippen molar-refractivity contribution in [3.05, 3.63) is 77.9 Å². The van der Waals surface area contributed by atoms with E-state index in [1.807, 2.05) is 6.07 Å². The summed E-state index contributed by atoms with van der Waals surface area (Å²) < 4.78 is 0. The van der Waals surface area contributed by atoms with Crippen LogP contribution in [0.4, 0.5) is 5.69 Å². The van der Waals surface area contributed by atoms with Crippen LogP contribution in [0.1, 0.15) is 11.1 Å². The van der Waals surface area contributed by atoms with Crippen LogP contribution in [0, 0.1) is 0 Å². The monoisotopic (exact) mass is 257 g/mol. The molecule has 0 saturated carbocycles. The molecule has 3 aromatic carbocycles. The van der Waals surface area contributed by atoms with Crippen LogP contribution < -0.4 is 5.73 Å². The molecule has 1 heteroatoms. The van der Waals surface area contributed by atoms with Crippen LogP contribution in [0.2, 0.25) is 0 Å². The van der Waals surface area contributed by atoms with Crippen molar-refractivity contribution in [1.82, 2.24) is 0 Å². The number of hydrogen-bond donors (Lipinski definition) is 1. The molecule has 0 aliphatic heterocycles. The van der Waals surface area contributed by atoms with Crippen LogP contribution in [0.3, 0.4) is 0 Å².